The lowest BCUT2D eigenvalue weighted by molar-refractivity contribution is -0.118. The highest BCUT2D eigenvalue weighted by Gasteiger charge is 2.13. The van der Waals surface area contributed by atoms with Crippen molar-refractivity contribution >= 4 is 17.7 Å². The van der Waals surface area contributed by atoms with Crippen LogP contribution in [-0.4, -0.2) is 21.9 Å². The minimum Gasteiger partial charge on any atom is -0.416 e. The van der Waals surface area contributed by atoms with Crippen molar-refractivity contribution in [2.24, 2.45) is 0 Å². The number of thioether (sulfide) groups is 1. The third-order valence-corrected chi connectivity index (χ3v) is 5.05. The highest BCUT2D eigenvalue weighted by molar-refractivity contribution is 7.99. The van der Waals surface area contributed by atoms with E-state index < -0.39 is 0 Å². The van der Waals surface area contributed by atoms with E-state index in [-0.39, 0.29) is 11.7 Å². The predicted molar refractivity (Wildman–Crippen MR) is 107 cm³/mol. The van der Waals surface area contributed by atoms with Crippen molar-refractivity contribution < 1.29 is 9.21 Å². The van der Waals surface area contributed by atoms with Crippen LogP contribution in [0.15, 0.2) is 64.2 Å². The second kappa shape index (κ2) is 9.37. The fourth-order valence-corrected chi connectivity index (χ4v) is 3.24. The first kappa shape index (κ1) is 19.2. The van der Waals surface area contributed by atoms with Crippen LogP contribution in [0.5, 0.6) is 0 Å². The Labute approximate surface area is 163 Å². The Morgan fingerprint density at radius 2 is 1.85 bits per heavy atom. The number of aryl methyl sites for hydroxylation is 1. The summed E-state index contributed by atoms with van der Waals surface area (Å²) in [7, 11) is 0. The lowest BCUT2D eigenvalue weighted by Gasteiger charge is -2.08. The van der Waals surface area contributed by atoms with Gasteiger partial charge in [-0.15, -0.1) is 10.2 Å². The number of carbonyl (C=O) groups excluding carboxylic acids is 1. The normalized spacial score (nSPS) is 11.9. The summed E-state index contributed by atoms with van der Waals surface area (Å²) in [4.78, 5) is 12.0. The van der Waals surface area contributed by atoms with Crippen molar-refractivity contribution in [2.75, 3.05) is 5.75 Å². The molecule has 1 aromatic heterocycles. The van der Waals surface area contributed by atoms with Gasteiger partial charge in [0, 0.05) is 13.0 Å². The molecular weight excluding hydrogens is 358 g/mol. The molecule has 0 aliphatic rings. The van der Waals surface area contributed by atoms with Crippen LogP contribution in [0, 0.1) is 6.92 Å². The zero-order valence-corrected chi connectivity index (χ0v) is 16.3. The van der Waals surface area contributed by atoms with E-state index in [1.807, 2.05) is 49.4 Å². The molecule has 0 radical (unpaired) electrons. The van der Waals surface area contributed by atoms with Crippen molar-refractivity contribution in [3.8, 4) is 0 Å². The molecule has 0 spiro atoms. The van der Waals surface area contributed by atoms with Gasteiger partial charge in [0.05, 0.1) is 5.75 Å². The zero-order chi connectivity index (χ0) is 19.1. The third-order valence-electron chi connectivity index (χ3n) is 4.23. The molecule has 0 aliphatic carbocycles. The average Bonchev–Trinajstić information content (AvgIpc) is 3.14. The molecule has 3 aromatic rings. The van der Waals surface area contributed by atoms with Gasteiger partial charge in [-0.25, -0.2) is 0 Å². The fraction of sp³-hybridized carbons (Fsp3) is 0.286. The van der Waals surface area contributed by atoms with Crippen molar-refractivity contribution in [3.05, 3.63) is 77.2 Å². The summed E-state index contributed by atoms with van der Waals surface area (Å²) in [5.74, 6) is 1.08. The number of carbonyl (C=O) groups is 1. The minimum atomic E-state index is -0.0574. The van der Waals surface area contributed by atoms with Gasteiger partial charge in [-0.2, -0.15) is 0 Å². The number of rotatable bonds is 8. The monoisotopic (exact) mass is 381 g/mol. The van der Waals surface area contributed by atoms with Gasteiger partial charge in [0.15, 0.2) is 0 Å². The second-order valence-corrected chi connectivity index (χ2v) is 7.46. The molecule has 1 amide bonds. The fourth-order valence-electron chi connectivity index (χ4n) is 2.63. The van der Waals surface area contributed by atoms with Crippen LogP contribution in [0.25, 0.3) is 0 Å². The molecular formula is C21H23N3O2S. The number of hydrogen-bond donors (Lipinski definition) is 1. The smallest absolute Gasteiger partial charge is 0.277 e. The number of benzene rings is 2. The van der Waals surface area contributed by atoms with Crippen molar-refractivity contribution in [1.29, 1.82) is 0 Å². The molecule has 6 heteroatoms. The maximum absolute atomic E-state index is 12.0. The summed E-state index contributed by atoms with van der Waals surface area (Å²) < 4.78 is 5.66. The van der Waals surface area contributed by atoms with Gasteiger partial charge in [-0.05, 0) is 24.0 Å². The Morgan fingerprint density at radius 1 is 1.11 bits per heavy atom. The van der Waals surface area contributed by atoms with Crippen LogP contribution in [0.4, 0.5) is 0 Å². The van der Waals surface area contributed by atoms with Gasteiger partial charge < -0.3 is 9.73 Å². The van der Waals surface area contributed by atoms with Crippen LogP contribution in [0.3, 0.4) is 0 Å². The number of amides is 1. The zero-order valence-electron chi connectivity index (χ0n) is 15.5. The number of hydrogen-bond acceptors (Lipinski definition) is 5. The summed E-state index contributed by atoms with van der Waals surface area (Å²) >= 11 is 1.26. The van der Waals surface area contributed by atoms with Crippen LogP contribution in [0.1, 0.15) is 35.4 Å². The molecule has 1 atom stereocenters. The molecule has 27 heavy (non-hydrogen) atoms. The van der Waals surface area contributed by atoms with Gasteiger partial charge >= 0.3 is 0 Å². The molecule has 3 rings (SSSR count). The number of nitrogens with one attached hydrogen (secondary N) is 1. The second-order valence-electron chi connectivity index (χ2n) is 6.53. The Hall–Kier alpha value is -2.60. The van der Waals surface area contributed by atoms with Gasteiger partial charge in [0.1, 0.15) is 0 Å². The topological polar surface area (TPSA) is 68.0 Å². The van der Waals surface area contributed by atoms with E-state index in [0.717, 1.165) is 5.56 Å². The van der Waals surface area contributed by atoms with Crippen molar-refractivity contribution in [2.45, 2.75) is 38.0 Å². The molecule has 1 unspecified atom stereocenters. The van der Waals surface area contributed by atoms with E-state index in [2.05, 4.69) is 34.6 Å². The molecule has 1 N–H and O–H groups in total. The lowest BCUT2D eigenvalue weighted by atomic mass is 9.98. The molecule has 0 saturated heterocycles. The van der Waals surface area contributed by atoms with E-state index >= 15 is 0 Å². The molecule has 140 valence electrons. The molecule has 1 heterocycles. The summed E-state index contributed by atoms with van der Waals surface area (Å²) in [6, 6.07) is 18.3. The van der Waals surface area contributed by atoms with E-state index in [1.165, 1.54) is 22.9 Å². The van der Waals surface area contributed by atoms with Gasteiger partial charge in [0.25, 0.3) is 5.22 Å². The van der Waals surface area contributed by atoms with Crippen LogP contribution in [0.2, 0.25) is 0 Å². The van der Waals surface area contributed by atoms with E-state index in [0.29, 0.717) is 30.0 Å². The highest BCUT2D eigenvalue weighted by Crippen LogP contribution is 2.22. The third kappa shape index (κ3) is 5.96. The standard InChI is InChI=1S/C21H23N3O2S/c1-15-8-10-17(11-9-15)13-22-19(25)14-27-21-24-23-20(26-21)12-16(2)18-6-4-3-5-7-18/h3-11,16H,12-14H2,1-2H3,(H,22,25). The summed E-state index contributed by atoms with van der Waals surface area (Å²) in [6.07, 6.45) is 0.678. The lowest BCUT2D eigenvalue weighted by Crippen LogP contribution is -2.24. The van der Waals surface area contributed by atoms with Crippen LogP contribution in [-0.2, 0) is 17.8 Å². The maximum atomic E-state index is 12.0. The highest BCUT2D eigenvalue weighted by atomic mass is 32.2. The van der Waals surface area contributed by atoms with E-state index in [4.69, 9.17) is 4.42 Å². The first-order chi connectivity index (χ1) is 13.1. The van der Waals surface area contributed by atoms with Crippen LogP contribution >= 0.6 is 11.8 Å². The predicted octanol–water partition coefficient (Wildman–Crippen LogP) is 4.13. The molecule has 2 aromatic carbocycles. The first-order valence-electron chi connectivity index (χ1n) is 8.92. The quantitative estimate of drug-likeness (QED) is 0.594. The van der Waals surface area contributed by atoms with Gasteiger partial charge in [-0.1, -0.05) is 78.8 Å². The van der Waals surface area contributed by atoms with Gasteiger partial charge in [-0.3, -0.25) is 4.79 Å². The molecule has 5 nitrogen and oxygen atoms in total. The average molecular weight is 382 g/mol. The molecule has 0 bridgehead atoms. The summed E-state index contributed by atoms with van der Waals surface area (Å²) in [6.45, 7) is 4.69. The Morgan fingerprint density at radius 3 is 2.59 bits per heavy atom. The Kier molecular flexibility index (Phi) is 6.65. The van der Waals surface area contributed by atoms with E-state index in [9.17, 15) is 4.79 Å². The van der Waals surface area contributed by atoms with Crippen LogP contribution < -0.4 is 5.32 Å². The molecule has 0 saturated carbocycles. The Balaban J connectivity index is 1.43. The molecule has 0 fully saturated rings. The first-order valence-corrected chi connectivity index (χ1v) is 9.91. The minimum absolute atomic E-state index is 0.0574. The van der Waals surface area contributed by atoms with E-state index in [1.54, 1.807) is 0 Å². The SMILES string of the molecule is Cc1ccc(CNC(=O)CSc2nnc(CC(C)c3ccccc3)o2)cc1. The number of nitrogens with zero attached hydrogens (tertiary/aromatic N) is 2. The summed E-state index contributed by atoms with van der Waals surface area (Å²) in [5.41, 5.74) is 3.52. The van der Waals surface area contributed by atoms with Crippen molar-refractivity contribution in [1.82, 2.24) is 15.5 Å². The maximum Gasteiger partial charge on any atom is 0.277 e. The van der Waals surface area contributed by atoms with Gasteiger partial charge in [0.2, 0.25) is 11.8 Å². The number of aromatic nitrogens is 2. The summed E-state index contributed by atoms with van der Waals surface area (Å²) in [5, 5.41) is 11.4. The van der Waals surface area contributed by atoms with Crippen molar-refractivity contribution in [3.63, 3.8) is 0 Å². The largest absolute Gasteiger partial charge is 0.416 e. The molecule has 0 aliphatic heterocycles. The Bertz CT molecular complexity index is 863.